The zero-order chi connectivity index (χ0) is 25.9. The number of nitrogens with two attached hydrogens (primary N) is 1. The lowest BCUT2D eigenvalue weighted by molar-refractivity contribution is -0.174. The van der Waals surface area contributed by atoms with Gasteiger partial charge in [-0.25, -0.2) is 0 Å². The van der Waals surface area contributed by atoms with Gasteiger partial charge in [0, 0.05) is 35.9 Å². The smallest absolute Gasteiger partial charge is 0.230 e. The average molecular weight is 495 g/mol. The monoisotopic (exact) mass is 494 g/mol. The third kappa shape index (κ3) is 3.29. The first-order valence-electron chi connectivity index (χ1n) is 11.6. The number of carbonyl (C=O) groups is 3. The van der Waals surface area contributed by atoms with Crippen LogP contribution in [0.5, 0.6) is 5.75 Å². The molecule has 5 rings (SSSR count). The quantitative estimate of drug-likeness (QED) is 0.384. The number of rotatable bonds is 4. The highest BCUT2D eigenvalue weighted by Gasteiger charge is 2.64. The lowest BCUT2D eigenvalue weighted by Gasteiger charge is -2.48. The van der Waals surface area contributed by atoms with Gasteiger partial charge in [-0.1, -0.05) is 6.07 Å². The summed E-state index contributed by atoms with van der Waals surface area (Å²) >= 11 is 0. The Bertz CT molecular complexity index is 1320. The highest BCUT2D eigenvalue weighted by molar-refractivity contribution is 6.24. The lowest BCUT2D eigenvalue weighted by atomic mass is 9.56. The number of nitrogens with zero attached hydrogens (tertiary/aromatic N) is 1. The third-order valence-corrected chi connectivity index (χ3v) is 7.70. The third-order valence-electron chi connectivity index (χ3n) is 7.70. The molecule has 5 atom stereocenters. The van der Waals surface area contributed by atoms with Crippen molar-refractivity contribution in [2.75, 3.05) is 7.11 Å². The molecule has 0 saturated heterocycles. The molecule has 2 aromatic rings. The fourth-order valence-corrected chi connectivity index (χ4v) is 6.06. The first-order chi connectivity index (χ1) is 17.1. The van der Waals surface area contributed by atoms with Crippen LogP contribution in [0.2, 0.25) is 0 Å². The van der Waals surface area contributed by atoms with Crippen LogP contribution in [-0.2, 0) is 32.1 Å². The van der Waals surface area contributed by atoms with E-state index in [1.807, 2.05) is 0 Å². The summed E-state index contributed by atoms with van der Waals surface area (Å²) in [5.74, 6) is -7.46. The molecule has 0 spiro atoms. The number of pyridine rings is 1. The van der Waals surface area contributed by atoms with Crippen molar-refractivity contribution in [3.05, 3.63) is 52.7 Å². The van der Waals surface area contributed by atoms with Crippen molar-refractivity contribution in [2.24, 2.45) is 23.5 Å². The Morgan fingerprint density at radius 3 is 2.64 bits per heavy atom. The van der Waals surface area contributed by atoms with Gasteiger partial charge in [0.25, 0.3) is 0 Å². The molecule has 188 valence electrons. The maximum absolute atomic E-state index is 13.7. The van der Waals surface area contributed by atoms with Crippen LogP contribution in [0.25, 0.3) is 17.0 Å². The van der Waals surface area contributed by atoms with Crippen LogP contribution < -0.4 is 5.73 Å². The predicted molar refractivity (Wildman–Crippen MR) is 125 cm³/mol. The van der Waals surface area contributed by atoms with Crippen molar-refractivity contribution in [3.8, 4) is 17.0 Å². The molecular formula is C26H26N2O8. The van der Waals surface area contributed by atoms with E-state index < -0.39 is 52.7 Å². The molecule has 10 nitrogen and oxygen atoms in total. The highest BCUT2D eigenvalue weighted by Crippen LogP contribution is 2.53. The number of Topliss-reactive ketones (excluding diaryl/α,β-unsaturated/α-hetero) is 2. The number of aromatic nitrogens is 1. The van der Waals surface area contributed by atoms with E-state index in [0.717, 1.165) is 0 Å². The van der Waals surface area contributed by atoms with Crippen LogP contribution >= 0.6 is 0 Å². The zero-order valence-electron chi connectivity index (χ0n) is 19.5. The molecule has 0 aliphatic heterocycles. The maximum atomic E-state index is 13.7. The Morgan fingerprint density at radius 2 is 2.00 bits per heavy atom. The summed E-state index contributed by atoms with van der Waals surface area (Å²) in [4.78, 5) is 43.0. The zero-order valence-corrected chi connectivity index (χ0v) is 19.5. The SMILES string of the molecule is COCc1cc(-c2ccccn2)c2c(c1O)C(O)=C1C(=O)[C@]3(O)C(=O)C(C(N)=O)C(O)C[C@@H]3C[C@@H]1C2. The number of amides is 1. The van der Waals surface area contributed by atoms with Crippen molar-refractivity contribution in [1.82, 2.24) is 4.98 Å². The Morgan fingerprint density at radius 1 is 1.25 bits per heavy atom. The van der Waals surface area contributed by atoms with Crippen LogP contribution in [0.4, 0.5) is 0 Å². The van der Waals surface area contributed by atoms with Gasteiger partial charge in [-0.3, -0.25) is 19.4 Å². The van der Waals surface area contributed by atoms with E-state index >= 15 is 0 Å². The Hall–Kier alpha value is -3.60. The Kier molecular flexibility index (Phi) is 5.70. The first kappa shape index (κ1) is 24.1. The van der Waals surface area contributed by atoms with E-state index in [2.05, 4.69) is 4.98 Å². The number of methoxy groups -OCH3 is 1. The number of fused-ring (bicyclic) bond motifs is 3. The molecule has 2 fully saturated rings. The number of primary amides is 1. The van der Waals surface area contributed by atoms with Gasteiger partial charge >= 0.3 is 0 Å². The summed E-state index contributed by atoms with van der Waals surface area (Å²) in [5, 5.41) is 44.2. The second-order valence-corrected chi connectivity index (χ2v) is 9.67. The van der Waals surface area contributed by atoms with Gasteiger partial charge in [0.2, 0.25) is 11.7 Å². The molecule has 1 amide bonds. The molecule has 6 N–H and O–H groups in total. The Labute approximate surface area is 206 Å². The number of hydrogen-bond acceptors (Lipinski definition) is 9. The fraction of sp³-hybridized carbons (Fsp3) is 0.385. The molecule has 2 unspecified atom stereocenters. The molecule has 0 bridgehead atoms. The molecule has 1 heterocycles. The predicted octanol–water partition coefficient (Wildman–Crippen LogP) is 0.797. The van der Waals surface area contributed by atoms with E-state index in [0.29, 0.717) is 22.4 Å². The topological polar surface area (TPSA) is 180 Å². The van der Waals surface area contributed by atoms with Crippen LogP contribution in [0.1, 0.15) is 29.5 Å². The lowest BCUT2D eigenvalue weighted by Crippen LogP contribution is -2.66. The van der Waals surface area contributed by atoms with E-state index in [9.17, 15) is 34.8 Å². The van der Waals surface area contributed by atoms with Gasteiger partial charge in [0.15, 0.2) is 11.4 Å². The van der Waals surface area contributed by atoms with Gasteiger partial charge in [-0.05, 0) is 48.9 Å². The minimum absolute atomic E-state index is 0.0154. The van der Waals surface area contributed by atoms with Gasteiger partial charge < -0.3 is 30.9 Å². The molecule has 10 heteroatoms. The molecule has 3 aliphatic rings. The molecule has 2 saturated carbocycles. The van der Waals surface area contributed by atoms with Crippen molar-refractivity contribution in [1.29, 1.82) is 0 Å². The fourth-order valence-electron chi connectivity index (χ4n) is 6.06. The summed E-state index contributed by atoms with van der Waals surface area (Å²) in [5.41, 5.74) is 4.64. The number of aliphatic hydroxyl groups is 3. The van der Waals surface area contributed by atoms with Crippen LogP contribution in [-0.4, -0.2) is 61.7 Å². The second-order valence-electron chi connectivity index (χ2n) is 9.67. The number of ketones is 2. The highest BCUT2D eigenvalue weighted by atomic mass is 16.5. The number of phenolic OH excluding ortho intramolecular Hbond substituents is 1. The van der Waals surface area contributed by atoms with Crippen molar-refractivity contribution >= 4 is 23.2 Å². The van der Waals surface area contributed by atoms with E-state index in [1.54, 1.807) is 30.5 Å². The summed E-state index contributed by atoms with van der Waals surface area (Å²) in [7, 11) is 1.45. The number of phenols is 1. The van der Waals surface area contributed by atoms with E-state index in [1.165, 1.54) is 7.11 Å². The van der Waals surface area contributed by atoms with Gasteiger partial charge in [-0.2, -0.15) is 0 Å². The van der Waals surface area contributed by atoms with Crippen molar-refractivity contribution in [3.63, 3.8) is 0 Å². The number of aliphatic hydroxyl groups excluding tert-OH is 2. The van der Waals surface area contributed by atoms with Crippen LogP contribution in [0.15, 0.2) is 36.0 Å². The number of carbonyl (C=O) groups excluding carboxylic acids is 3. The van der Waals surface area contributed by atoms with E-state index in [-0.39, 0.29) is 42.8 Å². The number of hydrogen-bond donors (Lipinski definition) is 5. The summed E-state index contributed by atoms with van der Waals surface area (Å²) in [6.07, 6.45) is 0.321. The van der Waals surface area contributed by atoms with Gasteiger partial charge in [0.05, 0.1) is 24.0 Å². The minimum atomic E-state index is -2.61. The second kappa shape index (κ2) is 8.51. The summed E-state index contributed by atoms with van der Waals surface area (Å²) < 4.78 is 5.20. The average Bonchev–Trinajstić information content (AvgIpc) is 2.83. The minimum Gasteiger partial charge on any atom is -0.507 e. The van der Waals surface area contributed by atoms with Crippen molar-refractivity contribution in [2.45, 2.75) is 37.6 Å². The number of ether oxygens (including phenoxy) is 1. The van der Waals surface area contributed by atoms with Crippen LogP contribution in [0, 0.1) is 17.8 Å². The van der Waals surface area contributed by atoms with Gasteiger partial charge in [0.1, 0.15) is 17.4 Å². The van der Waals surface area contributed by atoms with E-state index in [4.69, 9.17) is 10.5 Å². The first-order valence-corrected chi connectivity index (χ1v) is 11.6. The van der Waals surface area contributed by atoms with Crippen LogP contribution in [0.3, 0.4) is 0 Å². The molecule has 3 aliphatic carbocycles. The van der Waals surface area contributed by atoms with Gasteiger partial charge in [-0.15, -0.1) is 0 Å². The molecular weight excluding hydrogens is 468 g/mol. The van der Waals surface area contributed by atoms with Crippen molar-refractivity contribution < 1.29 is 39.5 Å². The molecule has 1 aromatic carbocycles. The molecule has 0 radical (unpaired) electrons. The largest absolute Gasteiger partial charge is 0.507 e. The Balaban J connectivity index is 1.71. The summed E-state index contributed by atoms with van der Waals surface area (Å²) in [6, 6.07) is 7.07. The number of benzene rings is 1. The number of aromatic hydroxyl groups is 1. The standard InChI is InChI=1S/C26H26N2O8/c1-36-10-12-8-14(16-4-2-3-5-28-16)15-7-11-6-13-9-17(29)20(25(27)34)24(33)26(13,35)23(32)18(11)22(31)19(15)21(12)30/h2-5,8,11,13,17,20,29-31,35H,6-7,9-10H2,1H3,(H2,27,34)/t11-,13+,17?,20?,26+/m1/s1. The molecule has 36 heavy (non-hydrogen) atoms. The molecule has 1 aromatic heterocycles. The normalized spacial score (nSPS) is 29.4. The maximum Gasteiger partial charge on any atom is 0.230 e. The summed E-state index contributed by atoms with van der Waals surface area (Å²) in [6.45, 7) is 0.0155.